The van der Waals surface area contributed by atoms with Crippen LogP contribution in [0.2, 0.25) is 0 Å². The molecule has 0 fully saturated rings. The highest BCUT2D eigenvalue weighted by Crippen LogP contribution is 2.21. The van der Waals surface area contributed by atoms with E-state index in [0.29, 0.717) is 24.3 Å². The van der Waals surface area contributed by atoms with Crippen molar-refractivity contribution < 1.29 is 14.6 Å². The maximum atomic E-state index is 10.7. The van der Waals surface area contributed by atoms with Crippen LogP contribution in [-0.2, 0) is 0 Å². The maximum Gasteiger partial charge on any atom is 0.151 e. The van der Waals surface area contributed by atoms with Crippen LogP contribution in [0.15, 0.2) is 22.7 Å². The van der Waals surface area contributed by atoms with Gasteiger partial charge in [-0.1, -0.05) is 15.9 Å². The average Bonchev–Trinajstić information content (AvgIpc) is 2.18. The van der Waals surface area contributed by atoms with Gasteiger partial charge in [0.05, 0.1) is 12.2 Å². The van der Waals surface area contributed by atoms with Crippen molar-refractivity contribution in [3.63, 3.8) is 0 Å². The van der Waals surface area contributed by atoms with Gasteiger partial charge >= 0.3 is 0 Å². The molecule has 0 bridgehead atoms. The molecule has 1 N–H and O–H groups in total. The SMILES string of the molecule is CC(C)(O)CCOc1ccc(Br)c(C=O)c1. The van der Waals surface area contributed by atoms with E-state index in [1.54, 1.807) is 32.0 Å². The second-order valence-corrected chi connectivity index (χ2v) is 5.07. The number of aldehydes is 1. The lowest BCUT2D eigenvalue weighted by atomic mass is 10.1. The average molecular weight is 287 g/mol. The third-order valence-electron chi connectivity index (χ3n) is 2.08. The molecule has 1 rings (SSSR count). The lowest BCUT2D eigenvalue weighted by Gasteiger charge is -2.17. The van der Waals surface area contributed by atoms with Gasteiger partial charge in [-0.2, -0.15) is 0 Å². The molecule has 0 aliphatic carbocycles. The van der Waals surface area contributed by atoms with Crippen LogP contribution in [0, 0.1) is 0 Å². The van der Waals surface area contributed by atoms with Gasteiger partial charge in [0, 0.05) is 16.5 Å². The summed E-state index contributed by atoms with van der Waals surface area (Å²) >= 11 is 3.26. The summed E-state index contributed by atoms with van der Waals surface area (Å²) in [7, 11) is 0. The van der Waals surface area contributed by atoms with Crippen molar-refractivity contribution in [1.29, 1.82) is 0 Å². The van der Waals surface area contributed by atoms with Gasteiger partial charge in [0.25, 0.3) is 0 Å². The fourth-order valence-corrected chi connectivity index (χ4v) is 1.46. The Balaban J connectivity index is 2.58. The van der Waals surface area contributed by atoms with Crippen LogP contribution in [0.25, 0.3) is 0 Å². The number of benzene rings is 1. The van der Waals surface area contributed by atoms with Gasteiger partial charge in [0.15, 0.2) is 6.29 Å². The lowest BCUT2D eigenvalue weighted by molar-refractivity contribution is 0.0553. The summed E-state index contributed by atoms with van der Waals surface area (Å²) in [5, 5.41) is 9.50. The van der Waals surface area contributed by atoms with Crippen molar-refractivity contribution in [1.82, 2.24) is 0 Å². The molecule has 0 heterocycles. The Labute approximate surface area is 104 Å². The Morgan fingerprint density at radius 2 is 2.19 bits per heavy atom. The monoisotopic (exact) mass is 286 g/mol. The predicted octanol–water partition coefficient (Wildman–Crippen LogP) is 2.80. The minimum atomic E-state index is -0.733. The molecule has 0 amide bonds. The molecular formula is C12H15BrO3. The van der Waals surface area contributed by atoms with Gasteiger partial charge in [-0.15, -0.1) is 0 Å². The third-order valence-corrected chi connectivity index (χ3v) is 2.80. The third kappa shape index (κ3) is 4.33. The molecule has 0 saturated carbocycles. The van der Waals surface area contributed by atoms with Crippen molar-refractivity contribution >= 4 is 22.2 Å². The number of aliphatic hydroxyl groups is 1. The van der Waals surface area contributed by atoms with E-state index < -0.39 is 5.60 Å². The van der Waals surface area contributed by atoms with E-state index in [9.17, 15) is 9.90 Å². The first-order valence-corrected chi connectivity index (χ1v) is 5.81. The topological polar surface area (TPSA) is 46.5 Å². The van der Waals surface area contributed by atoms with Crippen LogP contribution in [0.1, 0.15) is 30.6 Å². The van der Waals surface area contributed by atoms with E-state index in [-0.39, 0.29) is 0 Å². The predicted molar refractivity (Wildman–Crippen MR) is 65.9 cm³/mol. The van der Waals surface area contributed by atoms with Gasteiger partial charge in [-0.25, -0.2) is 0 Å². The van der Waals surface area contributed by atoms with Crippen LogP contribution in [0.3, 0.4) is 0 Å². The number of hydrogen-bond acceptors (Lipinski definition) is 3. The standard InChI is InChI=1S/C12H15BrO3/c1-12(2,15)5-6-16-10-3-4-11(13)9(7-10)8-14/h3-4,7-8,15H,5-6H2,1-2H3. The van der Waals surface area contributed by atoms with Gasteiger partial charge in [0.2, 0.25) is 0 Å². The zero-order valence-electron chi connectivity index (χ0n) is 9.37. The molecule has 1 aromatic carbocycles. The maximum absolute atomic E-state index is 10.7. The van der Waals surface area contributed by atoms with Crippen LogP contribution in [0.5, 0.6) is 5.75 Å². The van der Waals surface area contributed by atoms with Crippen molar-refractivity contribution in [3.8, 4) is 5.75 Å². The molecule has 0 saturated heterocycles. The van der Waals surface area contributed by atoms with Crippen LogP contribution >= 0.6 is 15.9 Å². The van der Waals surface area contributed by atoms with Crippen molar-refractivity contribution in [3.05, 3.63) is 28.2 Å². The molecule has 0 unspecified atom stereocenters. The summed E-state index contributed by atoms with van der Waals surface area (Å²) in [6.45, 7) is 3.88. The molecule has 1 aromatic rings. The smallest absolute Gasteiger partial charge is 0.151 e. The van der Waals surface area contributed by atoms with Crippen molar-refractivity contribution in [2.75, 3.05) is 6.61 Å². The Morgan fingerprint density at radius 1 is 1.50 bits per heavy atom. The minimum Gasteiger partial charge on any atom is -0.493 e. The summed E-state index contributed by atoms with van der Waals surface area (Å²) in [5.74, 6) is 0.634. The fraction of sp³-hybridized carbons (Fsp3) is 0.417. The van der Waals surface area contributed by atoms with Crippen molar-refractivity contribution in [2.24, 2.45) is 0 Å². The number of rotatable bonds is 5. The highest BCUT2D eigenvalue weighted by molar-refractivity contribution is 9.10. The number of hydrogen-bond donors (Lipinski definition) is 1. The fourth-order valence-electron chi connectivity index (χ4n) is 1.12. The molecule has 0 atom stereocenters. The van der Waals surface area contributed by atoms with Gasteiger partial charge in [-0.3, -0.25) is 4.79 Å². The summed E-state index contributed by atoms with van der Waals surface area (Å²) < 4.78 is 6.19. The van der Waals surface area contributed by atoms with E-state index in [0.717, 1.165) is 10.8 Å². The quantitative estimate of drug-likeness (QED) is 0.847. The molecule has 0 aliphatic rings. The molecule has 3 nitrogen and oxygen atoms in total. The van der Waals surface area contributed by atoms with Crippen LogP contribution in [0.4, 0.5) is 0 Å². The number of halogens is 1. The molecule has 16 heavy (non-hydrogen) atoms. The van der Waals surface area contributed by atoms with E-state index in [4.69, 9.17) is 4.74 Å². The second kappa shape index (κ2) is 5.46. The summed E-state index contributed by atoms with van der Waals surface area (Å²) in [6.07, 6.45) is 1.31. The highest BCUT2D eigenvalue weighted by Gasteiger charge is 2.12. The summed E-state index contributed by atoms with van der Waals surface area (Å²) in [4.78, 5) is 10.7. The first-order valence-electron chi connectivity index (χ1n) is 5.02. The molecule has 0 aliphatic heterocycles. The van der Waals surface area contributed by atoms with Crippen LogP contribution < -0.4 is 4.74 Å². The van der Waals surface area contributed by atoms with E-state index in [1.807, 2.05) is 0 Å². The summed E-state index contributed by atoms with van der Waals surface area (Å²) in [5.41, 5.74) is -0.177. The normalized spacial score (nSPS) is 11.2. The van der Waals surface area contributed by atoms with E-state index >= 15 is 0 Å². The second-order valence-electron chi connectivity index (χ2n) is 4.21. The zero-order valence-corrected chi connectivity index (χ0v) is 11.0. The van der Waals surface area contributed by atoms with E-state index in [2.05, 4.69) is 15.9 Å². The molecule has 0 radical (unpaired) electrons. The van der Waals surface area contributed by atoms with E-state index in [1.165, 1.54) is 0 Å². The minimum absolute atomic E-state index is 0.420. The van der Waals surface area contributed by atoms with Crippen molar-refractivity contribution in [2.45, 2.75) is 25.9 Å². The number of ether oxygens (including phenoxy) is 1. The van der Waals surface area contributed by atoms with Gasteiger partial charge in [-0.05, 0) is 32.0 Å². The largest absolute Gasteiger partial charge is 0.493 e. The molecular weight excluding hydrogens is 272 g/mol. The number of carbonyl (C=O) groups is 1. The Hall–Kier alpha value is -0.870. The first-order chi connectivity index (χ1) is 7.42. The molecule has 88 valence electrons. The molecule has 0 spiro atoms. The Kier molecular flexibility index (Phi) is 4.50. The van der Waals surface area contributed by atoms with Gasteiger partial charge in [0.1, 0.15) is 5.75 Å². The highest BCUT2D eigenvalue weighted by atomic mass is 79.9. The molecule has 4 heteroatoms. The Bertz CT molecular complexity index is 369. The molecule has 0 aromatic heterocycles. The first kappa shape index (κ1) is 13.2. The Morgan fingerprint density at radius 3 is 2.75 bits per heavy atom. The van der Waals surface area contributed by atoms with Gasteiger partial charge < -0.3 is 9.84 Å². The van der Waals surface area contributed by atoms with Crippen LogP contribution in [-0.4, -0.2) is 23.6 Å². The summed E-state index contributed by atoms with van der Waals surface area (Å²) in [6, 6.07) is 5.21. The number of carbonyl (C=O) groups excluding carboxylic acids is 1. The zero-order chi connectivity index (χ0) is 12.2. The lowest BCUT2D eigenvalue weighted by Crippen LogP contribution is -2.21.